The molecular formula is C11H15N3. The Kier molecular flexibility index (Phi) is 2.04. The van der Waals surface area contributed by atoms with Gasteiger partial charge >= 0.3 is 0 Å². The van der Waals surface area contributed by atoms with Crippen molar-refractivity contribution in [3.63, 3.8) is 0 Å². The minimum absolute atomic E-state index is 0.00127. The smallest absolute Gasteiger partial charge is 0.137 e. The lowest BCUT2D eigenvalue weighted by Crippen LogP contribution is -2.27. The number of pyridine rings is 1. The first-order valence-electron chi connectivity index (χ1n) is 4.78. The molecule has 0 saturated heterocycles. The standard InChI is InChI=1S/C11H15N3/c1-11(2,7-12)9-6-14-10-8(9)4-3-5-13-10/h3-6H,7,12H2,1-2H3,(H,13,14). The van der Waals surface area contributed by atoms with Crippen molar-refractivity contribution in [2.45, 2.75) is 19.3 Å². The van der Waals surface area contributed by atoms with Gasteiger partial charge in [-0.25, -0.2) is 4.98 Å². The van der Waals surface area contributed by atoms with Crippen LogP contribution in [0, 0.1) is 0 Å². The second kappa shape index (κ2) is 3.10. The largest absolute Gasteiger partial charge is 0.346 e. The van der Waals surface area contributed by atoms with Crippen molar-refractivity contribution < 1.29 is 0 Å². The van der Waals surface area contributed by atoms with Gasteiger partial charge in [-0.15, -0.1) is 0 Å². The second-order valence-corrected chi connectivity index (χ2v) is 4.19. The lowest BCUT2D eigenvalue weighted by Gasteiger charge is -2.21. The topological polar surface area (TPSA) is 54.7 Å². The summed E-state index contributed by atoms with van der Waals surface area (Å²) in [4.78, 5) is 7.42. The number of nitrogens with one attached hydrogen (secondary N) is 1. The van der Waals surface area contributed by atoms with Gasteiger partial charge in [0, 0.05) is 29.7 Å². The number of aromatic amines is 1. The van der Waals surface area contributed by atoms with Crippen LogP contribution in [-0.4, -0.2) is 16.5 Å². The first kappa shape index (κ1) is 9.21. The first-order chi connectivity index (χ1) is 6.65. The van der Waals surface area contributed by atoms with Gasteiger partial charge in [-0.2, -0.15) is 0 Å². The molecule has 3 heteroatoms. The van der Waals surface area contributed by atoms with Crippen LogP contribution < -0.4 is 5.73 Å². The number of rotatable bonds is 2. The van der Waals surface area contributed by atoms with Gasteiger partial charge in [0.25, 0.3) is 0 Å². The molecule has 0 spiro atoms. The highest BCUT2D eigenvalue weighted by Crippen LogP contribution is 2.28. The van der Waals surface area contributed by atoms with Gasteiger partial charge in [0.2, 0.25) is 0 Å². The van der Waals surface area contributed by atoms with Crippen LogP contribution in [0.4, 0.5) is 0 Å². The lowest BCUT2D eigenvalue weighted by atomic mass is 9.85. The average Bonchev–Trinajstić information content (AvgIpc) is 2.61. The second-order valence-electron chi connectivity index (χ2n) is 4.19. The third-order valence-electron chi connectivity index (χ3n) is 2.69. The lowest BCUT2D eigenvalue weighted by molar-refractivity contribution is 0.544. The molecule has 3 nitrogen and oxygen atoms in total. The monoisotopic (exact) mass is 189 g/mol. The first-order valence-corrected chi connectivity index (χ1v) is 4.78. The van der Waals surface area contributed by atoms with Crippen LogP contribution in [0.15, 0.2) is 24.5 Å². The van der Waals surface area contributed by atoms with Gasteiger partial charge < -0.3 is 10.7 Å². The molecule has 2 rings (SSSR count). The summed E-state index contributed by atoms with van der Waals surface area (Å²) in [6.45, 7) is 4.92. The van der Waals surface area contributed by atoms with Crippen LogP contribution in [0.3, 0.4) is 0 Å². The predicted molar refractivity (Wildman–Crippen MR) is 58.2 cm³/mol. The molecule has 0 amide bonds. The van der Waals surface area contributed by atoms with Crippen molar-refractivity contribution in [2.75, 3.05) is 6.54 Å². The summed E-state index contributed by atoms with van der Waals surface area (Å²) in [5.41, 5.74) is 7.93. The number of hydrogen-bond donors (Lipinski definition) is 2. The van der Waals surface area contributed by atoms with Crippen molar-refractivity contribution in [3.8, 4) is 0 Å². The van der Waals surface area contributed by atoms with Crippen molar-refractivity contribution in [2.24, 2.45) is 5.73 Å². The number of hydrogen-bond acceptors (Lipinski definition) is 2. The van der Waals surface area contributed by atoms with E-state index in [2.05, 4.69) is 29.9 Å². The number of H-pyrrole nitrogens is 1. The quantitative estimate of drug-likeness (QED) is 0.756. The molecular weight excluding hydrogens is 174 g/mol. The highest BCUT2D eigenvalue weighted by molar-refractivity contribution is 5.80. The summed E-state index contributed by atoms with van der Waals surface area (Å²) < 4.78 is 0. The Bertz CT molecular complexity index is 442. The van der Waals surface area contributed by atoms with Crippen molar-refractivity contribution in [1.29, 1.82) is 0 Å². The summed E-state index contributed by atoms with van der Waals surface area (Å²) in [6, 6.07) is 4.03. The molecule has 0 saturated carbocycles. The molecule has 2 aromatic heterocycles. The van der Waals surface area contributed by atoms with Gasteiger partial charge in [-0.3, -0.25) is 0 Å². The Labute approximate surface area is 83.3 Å². The van der Waals surface area contributed by atoms with Crippen molar-refractivity contribution in [3.05, 3.63) is 30.1 Å². The van der Waals surface area contributed by atoms with Crippen LogP contribution in [0.2, 0.25) is 0 Å². The molecule has 0 aromatic carbocycles. The molecule has 0 fully saturated rings. The van der Waals surface area contributed by atoms with Crippen LogP contribution in [0.25, 0.3) is 11.0 Å². The molecule has 14 heavy (non-hydrogen) atoms. The van der Waals surface area contributed by atoms with E-state index in [9.17, 15) is 0 Å². The Morgan fingerprint density at radius 2 is 2.29 bits per heavy atom. The number of nitrogens with two attached hydrogens (primary N) is 1. The van der Waals surface area contributed by atoms with E-state index in [1.807, 2.05) is 12.3 Å². The van der Waals surface area contributed by atoms with Crippen LogP contribution in [-0.2, 0) is 5.41 Å². The molecule has 0 aliphatic carbocycles. The average molecular weight is 189 g/mol. The van der Waals surface area contributed by atoms with E-state index in [4.69, 9.17) is 5.73 Å². The summed E-state index contributed by atoms with van der Waals surface area (Å²) in [5, 5.41) is 1.17. The molecule has 3 N–H and O–H groups in total. The van der Waals surface area contributed by atoms with E-state index in [0.717, 1.165) is 5.65 Å². The Balaban J connectivity index is 2.64. The fourth-order valence-corrected chi connectivity index (χ4v) is 1.63. The predicted octanol–water partition coefficient (Wildman–Crippen LogP) is 1.80. The number of aromatic nitrogens is 2. The summed E-state index contributed by atoms with van der Waals surface area (Å²) >= 11 is 0. The fourth-order valence-electron chi connectivity index (χ4n) is 1.63. The molecule has 0 radical (unpaired) electrons. The third kappa shape index (κ3) is 1.30. The maximum atomic E-state index is 5.75. The van der Waals surface area contributed by atoms with Crippen LogP contribution >= 0.6 is 0 Å². The zero-order chi connectivity index (χ0) is 10.2. The van der Waals surface area contributed by atoms with E-state index in [-0.39, 0.29) is 5.41 Å². The van der Waals surface area contributed by atoms with Gasteiger partial charge in [0.05, 0.1) is 0 Å². The van der Waals surface area contributed by atoms with Gasteiger partial charge in [-0.05, 0) is 17.7 Å². The molecule has 0 aliphatic heterocycles. The molecule has 74 valence electrons. The minimum atomic E-state index is 0.00127. The molecule has 0 atom stereocenters. The normalized spacial score (nSPS) is 12.2. The fraction of sp³-hybridized carbons (Fsp3) is 0.364. The van der Waals surface area contributed by atoms with E-state index in [1.54, 1.807) is 6.20 Å². The zero-order valence-corrected chi connectivity index (χ0v) is 8.54. The SMILES string of the molecule is CC(C)(CN)c1c[nH]c2ncccc12. The number of nitrogens with zero attached hydrogens (tertiary/aromatic N) is 1. The molecule has 2 aromatic rings. The van der Waals surface area contributed by atoms with Gasteiger partial charge in [0.15, 0.2) is 0 Å². The highest BCUT2D eigenvalue weighted by Gasteiger charge is 2.22. The third-order valence-corrected chi connectivity index (χ3v) is 2.69. The summed E-state index contributed by atoms with van der Waals surface area (Å²) in [5.74, 6) is 0. The minimum Gasteiger partial charge on any atom is -0.346 e. The van der Waals surface area contributed by atoms with Crippen LogP contribution in [0.1, 0.15) is 19.4 Å². The Morgan fingerprint density at radius 3 is 3.00 bits per heavy atom. The zero-order valence-electron chi connectivity index (χ0n) is 8.54. The summed E-state index contributed by atoms with van der Waals surface area (Å²) in [6.07, 6.45) is 3.79. The van der Waals surface area contributed by atoms with E-state index in [1.165, 1.54) is 10.9 Å². The Morgan fingerprint density at radius 1 is 1.50 bits per heavy atom. The molecule has 0 aliphatic rings. The van der Waals surface area contributed by atoms with E-state index < -0.39 is 0 Å². The van der Waals surface area contributed by atoms with Gasteiger partial charge in [0.1, 0.15) is 5.65 Å². The van der Waals surface area contributed by atoms with Crippen molar-refractivity contribution >= 4 is 11.0 Å². The molecule has 0 bridgehead atoms. The maximum Gasteiger partial charge on any atom is 0.137 e. The number of fused-ring (bicyclic) bond motifs is 1. The summed E-state index contributed by atoms with van der Waals surface area (Å²) in [7, 11) is 0. The molecule has 0 unspecified atom stereocenters. The Hall–Kier alpha value is -1.35. The van der Waals surface area contributed by atoms with Crippen molar-refractivity contribution in [1.82, 2.24) is 9.97 Å². The maximum absolute atomic E-state index is 5.75. The van der Waals surface area contributed by atoms with E-state index >= 15 is 0 Å². The van der Waals surface area contributed by atoms with E-state index in [0.29, 0.717) is 6.54 Å². The van der Waals surface area contributed by atoms with Crippen LogP contribution in [0.5, 0.6) is 0 Å². The molecule has 2 heterocycles. The van der Waals surface area contributed by atoms with Gasteiger partial charge in [-0.1, -0.05) is 13.8 Å². The highest BCUT2D eigenvalue weighted by atomic mass is 14.8.